The van der Waals surface area contributed by atoms with E-state index in [9.17, 15) is 25.0 Å². The lowest BCUT2D eigenvalue weighted by Crippen LogP contribution is -2.13. The predicted octanol–water partition coefficient (Wildman–Crippen LogP) is 4.06. The van der Waals surface area contributed by atoms with Crippen LogP contribution < -0.4 is 5.32 Å². The lowest BCUT2D eigenvalue weighted by molar-refractivity contribution is -0.394. The van der Waals surface area contributed by atoms with Crippen LogP contribution in [0.2, 0.25) is 10.0 Å². The number of nitrogens with one attached hydrogen (secondary N) is 1. The molecule has 0 fully saturated rings. The molecule has 118 valence electrons. The zero-order chi connectivity index (χ0) is 17.1. The molecule has 8 nitrogen and oxygen atoms in total. The molecule has 10 heteroatoms. The van der Waals surface area contributed by atoms with Crippen LogP contribution in [0.3, 0.4) is 0 Å². The van der Waals surface area contributed by atoms with Crippen LogP contribution in [0.4, 0.5) is 17.1 Å². The van der Waals surface area contributed by atoms with Crippen molar-refractivity contribution >= 4 is 46.2 Å². The quantitative estimate of drug-likeness (QED) is 0.655. The molecule has 0 radical (unpaired) electrons. The van der Waals surface area contributed by atoms with Gasteiger partial charge in [-0.3, -0.25) is 25.0 Å². The Hall–Kier alpha value is -2.71. The number of carbonyl (C=O) groups excluding carboxylic acids is 1. The van der Waals surface area contributed by atoms with Crippen molar-refractivity contribution in [3.63, 3.8) is 0 Å². The van der Waals surface area contributed by atoms with Crippen LogP contribution in [0, 0.1) is 20.2 Å². The monoisotopic (exact) mass is 355 g/mol. The molecule has 0 aliphatic heterocycles. The van der Waals surface area contributed by atoms with E-state index in [2.05, 4.69) is 5.32 Å². The second-order valence-corrected chi connectivity index (χ2v) is 5.09. The summed E-state index contributed by atoms with van der Waals surface area (Å²) >= 11 is 11.7. The van der Waals surface area contributed by atoms with Gasteiger partial charge in [-0.2, -0.15) is 0 Å². The van der Waals surface area contributed by atoms with E-state index in [0.717, 1.165) is 18.2 Å². The van der Waals surface area contributed by atoms with Crippen molar-refractivity contribution in [1.29, 1.82) is 0 Å². The van der Waals surface area contributed by atoms with E-state index in [1.807, 2.05) is 0 Å². The highest BCUT2D eigenvalue weighted by molar-refractivity contribution is 6.44. The minimum absolute atomic E-state index is 0.0856. The molecule has 0 bridgehead atoms. The Morgan fingerprint density at radius 3 is 2.09 bits per heavy atom. The van der Waals surface area contributed by atoms with Gasteiger partial charge in [0.2, 0.25) is 0 Å². The number of amides is 1. The van der Waals surface area contributed by atoms with Crippen LogP contribution in [0.15, 0.2) is 36.4 Å². The zero-order valence-corrected chi connectivity index (χ0v) is 12.7. The number of nitro groups is 2. The molecule has 0 spiro atoms. The van der Waals surface area contributed by atoms with Gasteiger partial charge in [0.15, 0.2) is 0 Å². The highest BCUT2D eigenvalue weighted by Crippen LogP contribution is 2.30. The van der Waals surface area contributed by atoms with Gasteiger partial charge in [-0.25, -0.2) is 0 Å². The first-order chi connectivity index (χ1) is 10.8. The van der Waals surface area contributed by atoms with E-state index in [4.69, 9.17) is 23.2 Å². The SMILES string of the molecule is O=C(Nc1cccc(Cl)c1Cl)c1cc([N+](=O)[O-])cc([N+](=O)[O-])c1. The molecule has 2 aromatic carbocycles. The molecular formula is C13H7Cl2N3O5. The molecule has 23 heavy (non-hydrogen) atoms. The molecule has 1 amide bonds. The van der Waals surface area contributed by atoms with Crippen molar-refractivity contribution in [2.24, 2.45) is 0 Å². The van der Waals surface area contributed by atoms with Crippen LogP contribution in [-0.4, -0.2) is 15.8 Å². The third-order valence-corrected chi connectivity index (χ3v) is 3.61. The predicted molar refractivity (Wildman–Crippen MR) is 84.2 cm³/mol. The van der Waals surface area contributed by atoms with E-state index in [0.29, 0.717) is 0 Å². The molecule has 1 N–H and O–H groups in total. The third kappa shape index (κ3) is 3.74. The van der Waals surface area contributed by atoms with Gasteiger partial charge >= 0.3 is 0 Å². The standard InChI is InChI=1S/C13H7Cl2N3O5/c14-10-2-1-3-11(12(10)15)16-13(19)7-4-8(17(20)21)6-9(5-7)18(22)23/h1-6H,(H,16,19). The van der Waals surface area contributed by atoms with Gasteiger partial charge in [-0.15, -0.1) is 0 Å². The molecule has 0 aliphatic rings. The van der Waals surface area contributed by atoms with E-state index >= 15 is 0 Å². The largest absolute Gasteiger partial charge is 0.321 e. The molecule has 2 aromatic rings. The number of anilines is 1. The summed E-state index contributed by atoms with van der Waals surface area (Å²) in [5.41, 5.74) is -1.21. The van der Waals surface area contributed by atoms with Crippen molar-refractivity contribution in [1.82, 2.24) is 0 Å². The van der Waals surface area contributed by atoms with Gasteiger partial charge < -0.3 is 5.32 Å². The number of hydrogen-bond donors (Lipinski definition) is 1. The molecule has 0 aromatic heterocycles. The first-order valence-corrected chi connectivity index (χ1v) is 6.74. The van der Waals surface area contributed by atoms with E-state index < -0.39 is 27.1 Å². The fraction of sp³-hybridized carbons (Fsp3) is 0. The molecule has 0 saturated heterocycles. The van der Waals surface area contributed by atoms with Crippen molar-refractivity contribution in [3.8, 4) is 0 Å². The number of benzene rings is 2. The summed E-state index contributed by atoms with van der Waals surface area (Å²) in [6.07, 6.45) is 0. The minimum atomic E-state index is -0.823. The molecule has 0 heterocycles. The van der Waals surface area contributed by atoms with Crippen molar-refractivity contribution in [2.45, 2.75) is 0 Å². The summed E-state index contributed by atoms with van der Waals surface area (Å²) in [6.45, 7) is 0. The number of non-ortho nitro benzene ring substituents is 2. The number of nitro benzene ring substituents is 2. The molecule has 0 atom stereocenters. The summed E-state index contributed by atoms with van der Waals surface area (Å²) in [7, 11) is 0. The Balaban J connectivity index is 2.40. The van der Waals surface area contributed by atoms with Crippen LogP contribution in [-0.2, 0) is 0 Å². The van der Waals surface area contributed by atoms with Crippen molar-refractivity contribution in [2.75, 3.05) is 5.32 Å². The maximum absolute atomic E-state index is 12.2. The third-order valence-electron chi connectivity index (χ3n) is 2.79. The first-order valence-electron chi connectivity index (χ1n) is 5.99. The number of carbonyl (C=O) groups is 1. The molecule has 0 aliphatic carbocycles. The average molecular weight is 356 g/mol. The van der Waals surface area contributed by atoms with Gasteiger partial charge in [-0.05, 0) is 12.1 Å². The second-order valence-electron chi connectivity index (χ2n) is 4.31. The maximum Gasteiger partial charge on any atom is 0.277 e. The summed E-state index contributed by atoms with van der Waals surface area (Å²) in [6, 6.07) is 7.15. The summed E-state index contributed by atoms with van der Waals surface area (Å²) < 4.78 is 0. The normalized spacial score (nSPS) is 10.2. The number of hydrogen-bond acceptors (Lipinski definition) is 5. The molecule has 2 rings (SSSR count). The first kappa shape index (κ1) is 16.7. The van der Waals surface area contributed by atoms with Crippen molar-refractivity contribution < 1.29 is 14.6 Å². The van der Waals surface area contributed by atoms with Crippen LogP contribution >= 0.6 is 23.2 Å². The van der Waals surface area contributed by atoms with Gasteiger partial charge in [0.1, 0.15) is 0 Å². The van der Waals surface area contributed by atoms with Gasteiger partial charge in [0.25, 0.3) is 17.3 Å². The molecule has 0 saturated carbocycles. The van der Waals surface area contributed by atoms with Gasteiger partial charge in [0, 0.05) is 12.1 Å². The Kier molecular flexibility index (Phi) is 4.77. The summed E-state index contributed by atoms with van der Waals surface area (Å²) in [4.78, 5) is 32.2. The summed E-state index contributed by atoms with van der Waals surface area (Å²) in [5, 5.41) is 24.3. The second kappa shape index (κ2) is 6.59. The topological polar surface area (TPSA) is 115 Å². The highest BCUT2D eigenvalue weighted by Gasteiger charge is 2.20. The number of halogens is 2. The molecular weight excluding hydrogens is 349 g/mol. The Morgan fingerprint density at radius 1 is 1.00 bits per heavy atom. The highest BCUT2D eigenvalue weighted by atomic mass is 35.5. The minimum Gasteiger partial charge on any atom is -0.321 e. The zero-order valence-electron chi connectivity index (χ0n) is 11.2. The lowest BCUT2D eigenvalue weighted by Gasteiger charge is -2.08. The lowest BCUT2D eigenvalue weighted by atomic mass is 10.1. The summed E-state index contributed by atoms with van der Waals surface area (Å²) in [5.74, 6) is -0.791. The van der Waals surface area contributed by atoms with Crippen LogP contribution in [0.25, 0.3) is 0 Å². The Labute approximate surface area is 138 Å². The van der Waals surface area contributed by atoms with Gasteiger partial charge in [0.05, 0.1) is 37.2 Å². The van der Waals surface area contributed by atoms with E-state index in [-0.39, 0.29) is 21.3 Å². The van der Waals surface area contributed by atoms with Crippen molar-refractivity contribution in [3.05, 3.63) is 72.2 Å². The maximum atomic E-state index is 12.2. The van der Waals surface area contributed by atoms with E-state index in [1.54, 1.807) is 6.07 Å². The number of rotatable bonds is 4. The average Bonchev–Trinajstić information content (AvgIpc) is 2.51. The van der Waals surface area contributed by atoms with Gasteiger partial charge in [-0.1, -0.05) is 29.3 Å². The number of nitrogens with zero attached hydrogens (tertiary/aromatic N) is 2. The smallest absolute Gasteiger partial charge is 0.277 e. The fourth-order valence-corrected chi connectivity index (χ4v) is 2.08. The Bertz CT molecular complexity index is 793. The van der Waals surface area contributed by atoms with Crippen LogP contribution in [0.1, 0.15) is 10.4 Å². The fourth-order valence-electron chi connectivity index (χ4n) is 1.73. The van der Waals surface area contributed by atoms with E-state index in [1.165, 1.54) is 12.1 Å². The Morgan fingerprint density at radius 2 is 1.57 bits per heavy atom. The molecule has 0 unspecified atom stereocenters. The van der Waals surface area contributed by atoms with Crippen LogP contribution in [0.5, 0.6) is 0 Å².